The van der Waals surface area contributed by atoms with E-state index in [0.717, 1.165) is 32.4 Å². The van der Waals surface area contributed by atoms with Gasteiger partial charge in [0, 0.05) is 19.4 Å². The third kappa shape index (κ3) is 5.98. The highest BCUT2D eigenvalue weighted by Crippen LogP contribution is 2.23. The van der Waals surface area contributed by atoms with Gasteiger partial charge in [-0.05, 0) is 31.6 Å². The zero-order chi connectivity index (χ0) is 15.6. The van der Waals surface area contributed by atoms with Crippen LogP contribution in [0.2, 0.25) is 0 Å². The van der Waals surface area contributed by atoms with Gasteiger partial charge in [0.05, 0.1) is 25.6 Å². The van der Waals surface area contributed by atoms with Crippen molar-refractivity contribution in [3.8, 4) is 11.8 Å². The maximum atomic E-state index is 11.8. The molecule has 124 valence electrons. The van der Waals surface area contributed by atoms with Crippen molar-refractivity contribution < 1.29 is 19.2 Å². The fraction of sp³-hybridized carbons (Fsp3) is 0.833. The van der Waals surface area contributed by atoms with Crippen LogP contribution in [0, 0.1) is 17.8 Å². The molecule has 0 radical (unpaired) electrons. The van der Waals surface area contributed by atoms with Gasteiger partial charge in [-0.3, -0.25) is 4.79 Å². The lowest BCUT2D eigenvalue weighted by molar-refractivity contribution is -0.897. The molecule has 4 nitrogen and oxygen atoms in total. The highest BCUT2D eigenvalue weighted by atomic mass is 16.6. The molecule has 2 aliphatic heterocycles. The van der Waals surface area contributed by atoms with E-state index in [0.29, 0.717) is 13.0 Å². The normalized spacial score (nSPS) is 25.6. The van der Waals surface area contributed by atoms with E-state index in [1.54, 1.807) is 4.90 Å². The monoisotopic (exact) mass is 308 g/mol. The van der Waals surface area contributed by atoms with E-state index in [4.69, 9.17) is 9.47 Å². The van der Waals surface area contributed by atoms with E-state index in [1.165, 1.54) is 32.4 Å². The zero-order valence-corrected chi connectivity index (χ0v) is 13.9. The molecule has 2 saturated heterocycles. The Morgan fingerprint density at radius 1 is 1.27 bits per heavy atom. The first kappa shape index (κ1) is 17.3. The summed E-state index contributed by atoms with van der Waals surface area (Å²) >= 11 is 0. The molecule has 0 unspecified atom stereocenters. The summed E-state index contributed by atoms with van der Waals surface area (Å²) in [4.78, 5) is 13.4. The molecule has 2 aliphatic rings. The predicted molar refractivity (Wildman–Crippen MR) is 85.5 cm³/mol. The maximum absolute atomic E-state index is 11.8. The Morgan fingerprint density at radius 2 is 2.09 bits per heavy atom. The first-order valence-electron chi connectivity index (χ1n) is 8.87. The van der Waals surface area contributed by atoms with Crippen molar-refractivity contribution in [2.45, 2.75) is 58.0 Å². The summed E-state index contributed by atoms with van der Waals surface area (Å²) in [5.74, 6) is 6.29. The Bertz CT molecular complexity index is 393. The van der Waals surface area contributed by atoms with E-state index < -0.39 is 0 Å². The third-order valence-electron chi connectivity index (χ3n) is 4.48. The quantitative estimate of drug-likeness (QED) is 0.436. The number of nitrogens with one attached hydrogen (secondary N) is 1. The average molecular weight is 308 g/mol. The molecule has 0 aromatic carbocycles. The molecule has 0 saturated carbocycles. The van der Waals surface area contributed by atoms with Crippen molar-refractivity contribution in [3.05, 3.63) is 0 Å². The molecule has 2 rings (SSSR count). The fourth-order valence-electron chi connectivity index (χ4n) is 3.06. The van der Waals surface area contributed by atoms with E-state index in [2.05, 4.69) is 18.8 Å². The number of carbonyl (C=O) groups excluding carboxylic acids is 1. The molecule has 2 heterocycles. The predicted octanol–water partition coefficient (Wildman–Crippen LogP) is 1.20. The molecule has 0 aromatic rings. The topological polar surface area (TPSA) is 40.0 Å². The van der Waals surface area contributed by atoms with Crippen LogP contribution in [0.15, 0.2) is 0 Å². The number of piperidine rings is 1. The van der Waals surface area contributed by atoms with Crippen molar-refractivity contribution in [3.63, 3.8) is 0 Å². The van der Waals surface area contributed by atoms with E-state index in [9.17, 15) is 4.79 Å². The van der Waals surface area contributed by atoms with Crippen molar-refractivity contribution in [2.24, 2.45) is 5.92 Å². The Kier molecular flexibility index (Phi) is 7.76. The Labute approximate surface area is 134 Å². The number of cyclic esters (lactones) is 1. The number of esters is 1. The number of unbranched alkanes of at least 4 members (excludes halogenated alkanes) is 1. The van der Waals surface area contributed by atoms with Gasteiger partial charge in [0.15, 0.2) is 0 Å². The minimum Gasteiger partial charge on any atom is -0.460 e. The molecule has 0 bridgehead atoms. The molecule has 22 heavy (non-hydrogen) atoms. The number of quaternary nitrogens is 1. The second-order valence-electron chi connectivity index (χ2n) is 6.47. The van der Waals surface area contributed by atoms with Crippen molar-refractivity contribution in [1.29, 1.82) is 0 Å². The number of carbonyl (C=O) groups is 1. The minimum absolute atomic E-state index is 0.0522. The number of hydrogen-bond donors (Lipinski definition) is 1. The Morgan fingerprint density at radius 3 is 2.86 bits per heavy atom. The van der Waals surface area contributed by atoms with Gasteiger partial charge < -0.3 is 14.4 Å². The SMILES string of the molecule is CCCCOC[C@@H]1C[C@H](CC#CC[NH+]2CCCCC2)C(=O)O1. The van der Waals surface area contributed by atoms with Crippen LogP contribution in [-0.2, 0) is 14.3 Å². The first-order chi connectivity index (χ1) is 10.8. The van der Waals surface area contributed by atoms with Crippen LogP contribution < -0.4 is 4.90 Å². The lowest BCUT2D eigenvalue weighted by Crippen LogP contribution is -3.12. The lowest BCUT2D eigenvalue weighted by Gasteiger charge is -2.20. The van der Waals surface area contributed by atoms with Crippen molar-refractivity contribution in [1.82, 2.24) is 0 Å². The molecular formula is C18H30NO3+. The van der Waals surface area contributed by atoms with Crippen LogP contribution in [0.25, 0.3) is 0 Å². The molecule has 2 fully saturated rings. The minimum atomic E-state index is -0.0938. The number of rotatable bonds is 7. The van der Waals surface area contributed by atoms with Crippen LogP contribution in [0.5, 0.6) is 0 Å². The Hall–Kier alpha value is -1.05. The molecule has 0 aliphatic carbocycles. The number of ether oxygens (including phenoxy) is 2. The van der Waals surface area contributed by atoms with Crippen molar-refractivity contribution in [2.75, 3.05) is 32.8 Å². The van der Waals surface area contributed by atoms with Crippen LogP contribution >= 0.6 is 0 Å². The lowest BCUT2D eigenvalue weighted by atomic mass is 10.0. The summed E-state index contributed by atoms with van der Waals surface area (Å²) in [6, 6.07) is 0. The van der Waals surface area contributed by atoms with Gasteiger partial charge >= 0.3 is 5.97 Å². The van der Waals surface area contributed by atoms with Crippen LogP contribution in [0.4, 0.5) is 0 Å². The van der Waals surface area contributed by atoms with Crippen LogP contribution in [-0.4, -0.2) is 44.9 Å². The molecular weight excluding hydrogens is 278 g/mol. The van der Waals surface area contributed by atoms with E-state index in [1.807, 2.05) is 0 Å². The molecule has 1 N–H and O–H groups in total. The highest BCUT2D eigenvalue weighted by Gasteiger charge is 2.33. The Balaban J connectivity index is 1.62. The summed E-state index contributed by atoms with van der Waals surface area (Å²) in [5.41, 5.74) is 0. The van der Waals surface area contributed by atoms with E-state index in [-0.39, 0.29) is 18.0 Å². The van der Waals surface area contributed by atoms with Gasteiger partial charge in [-0.2, -0.15) is 0 Å². The second kappa shape index (κ2) is 9.86. The molecule has 0 spiro atoms. The van der Waals surface area contributed by atoms with Crippen molar-refractivity contribution >= 4 is 5.97 Å². The van der Waals surface area contributed by atoms with Crippen LogP contribution in [0.1, 0.15) is 51.9 Å². The molecule has 4 heteroatoms. The van der Waals surface area contributed by atoms with Gasteiger partial charge in [-0.1, -0.05) is 19.3 Å². The van der Waals surface area contributed by atoms with Gasteiger partial charge in [-0.25, -0.2) is 0 Å². The largest absolute Gasteiger partial charge is 0.460 e. The summed E-state index contributed by atoms with van der Waals surface area (Å²) in [6.45, 7) is 6.85. The molecule has 0 aromatic heterocycles. The van der Waals surface area contributed by atoms with Gasteiger partial charge in [0.25, 0.3) is 0 Å². The van der Waals surface area contributed by atoms with E-state index >= 15 is 0 Å². The second-order valence-corrected chi connectivity index (χ2v) is 6.47. The smallest absolute Gasteiger partial charge is 0.310 e. The highest BCUT2D eigenvalue weighted by molar-refractivity contribution is 5.75. The molecule has 0 amide bonds. The first-order valence-corrected chi connectivity index (χ1v) is 8.87. The fourth-order valence-corrected chi connectivity index (χ4v) is 3.06. The third-order valence-corrected chi connectivity index (χ3v) is 4.48. The summed E-state index contributed by atoms with van der Waals surface area (Å²) in [6.07, 6.45) is 7.54. The van der Waals surface area contributed by atoms with Gasteiger partial charge in [0.1, 0.15) is 12.6 Å². The average Bonchev–Trinajstić information content (AvgIpc) is 2.89. The van der Waals surface area contributed by atoms with Gasteiger partial charge in [-0.15, -0.1) is 0 Å². The molecule has 2 atom stereocenters. The summed E-state index contributed by atoms with van der Waals surface area (Å²) in [5, 5.41) is 0. The standard InChI is InChI=1S/C18H29NO3/c1-2-3-13-21-15-17-14-16(18(20)22-17)9-5-8-12-19-10-6-4-7-11-19/h16-17H,2-4,6-7,9-15H2,1H3/p+1/t16-,17-/m0/s1. The maximum Gasteiger partial charge on any atom is 0.310 e. The van der Waals surface area contributed by atoms with Crippen LogP contribution in [0.3, 0.4) is 0 Å². The summed E-state index contributed by atoms with van der Waals surface area (Å²) < 4.78 is 10.9. The summed E-state index contributed by atoms with van der Waals surface area (Å²) in [7, 11) is 0. The number of hydrogen-bond acceptors (Lipinski definition) is 3. The van der Waals surface area contributed by atoms with Gasteiger partial charge in [0.2, 0.25) is 0 Å². The number of likely N-dealkylation sites (tertiary alicyclic amines) is 1. The zero-order valence-electron chi connectivity index (χ0n) is 13.9.